The van der Waals surface area contributed by atoms with E-state index in [1.807, 2.05) is 23.2 Å². The zero-order chi connectivity index (χ0) is 13.8. The van der Waals surface area contributed by atoms with Crippen LogP contribution in [-0.4, -0.2) is 60.0 Å². The number of rotatable bonds is 3. The molecule has 5 heteroatoms. The maximum atomic E-state index is 12.4. The minimum absolute atomic E-state index is 0.259. The normalized spacial score (nSPS) is 24.0. The average Bonchev–Trinajstić information content (AvgIpc) is 2.97. The molecule has 1 amide bonds. The summed E-state index contributed by atoms with van der Waals surface area (Å²) < 4.78 is 0. The second-order valence-corrected chi connectivity index (χ2v) is 5.51. The van der Waals surface area contributed by atoms with Crippen LogP contribution in [0.4, 0.5) is 0 Å². The first-order valence-electron chi connectivity index (χ1n) is 7.48. The zero-order valence-corrected chi connectivity index (χ0v) is 11.8. The van der Waals surface area contributed by atoms with Crippen molar-refractivity contribution >= 4 is 5.91 Å². The number of carbonyl (C=O) groups excluding carboxylic acids is 1. The highest BCUT2D eigenvalue weighted by atomic mass is 16.2. The first-order chi connectivity index (χ1) is 9.84. The van der Waals surface area contributed by atoms with Crippen LogP contribution in [0, 0.1) is 0 Å². The minimum Gasteiger partial charge on any atom is -0.339 e. The van der Waals surface area contributed by atoms with Gasteiger partial charge < -0.3 is 10.2 Å². The smallest absolute Gasteiger partial charge is 0.236 e. The molecule has 1 aromatic rings. The van der Waals surface area contributed by atoms with Gasteiger partial charge in [-0.15, -0.1) is 0 Å². The van der Waals surface area contributed by atoms with Crippen molar-refractivity contribution in [1.82, 2.24) is 20.1 Å². The fourth-order valence-electron chi connectivity index (χ4n) is 3.11. The van der Waals surface area contributed by atoms with Crippen LogP contribution in [-0.2, 0) is 4.79 Å². The van der Waals surface area contributed by atoms with Gasteiger partial charge in [-0.3, -0.25) is 14.7 Å². The Morgan fingerprint density at radius 1 is 1.30 bits per heavy atom. The van der Waals surface area contributed by atoms with E-state index in [-0.39, 0.29) is 5.91 Å². The Labute approximate surface area is 120 Å². The Morgan fingerprint density at radius 3 is 2.90 bits per heavy atom. The molecule has 1 unspecified atom stereocenters. The van der Waals surface area contributed by atoms with Crippen molar-refractivity contribution in [3.05, 3.63) is 30.1 Å². The molecule has 108 valence electrons. The van der Waals surface area contributed by atoms with Gasteiger partial charge in [-0.05, 0) is 31.5 Å². The van der Waals surface area contributed by atoms with E-state index in [1.54, 1.807) is 0 Å². The Bertz CT molecular complexity index is 444. The summed E-state index contributed by atoms with van der Waals surface area (Å²) in [6.07, 6.45) is 4.09. The molecule has 2 fully saturated rings. The van der Waals surface area contributed by atoms with Crippen molar-refractivity contribution in [3.8, 4) is 0 Å². The molecular weight excluding hydrogens is 252 g/mol. The van der Waals surface area contributed by atoms with Crippen LogP contribution in [0.2, 0.25) is 0 Å². The number of amides is 1. The van der Waals surface area contributed by atoms with Gasteiger partial charge in [-0.25, -0.2) is 0 Å². The lowest BCUT2D eigenvalue weighted by Crippen LogP contribution is -2.49. The van der Waals surface area contributed by atoms with Gasteiger partial charge in [-0.2, -0.15) is 0 Å². The predicted molar refractivity (Wildman–Crippen MR) is 77.2 cm³/mol. The number of aromatic nitrogens is 1. The van der Waals surface area contributed by atoms with Gasteiger partial charge in [-0.1, -0.05) is 6.07 Å². The molecule has 2 aliphatic rings. The van der Waals surface area contributed by atoms with Crippen LogP contribution in [0.25, 0.3) is 0 Å². The highest BCUT2D eigenvalue weighted by Crippen LogP contribution is 2.30. The van der Waals surface area contributed by atoms with Crippen LogP contribution >= 0.6 is 0 Å². The highest BCUT2D eigenvalue weighted by molar-refractivity contribution is 5.78. The Hall–Kier alpha value is -1.46. The topological polar surface area (TPSA) is 48.5 Å². The number of piperazine rings is 1. The number of hydrogen-bond donors (Lipinski definition) is 1. The van der Waals surface area contributed by atoms with Crippen molar-refractivity contribution in [2.45, 2.75) is 18.9 Å². The summed E-state index contributed by atoms with van der Waals surface area (Å²) in [7, 11) is 0. The van der Waals surface area contributed by atoms with Gasteiger partial charge in [0.25, 0.3) is 0 Å². The Morgan fingerprint density at radius 2 is 2.15 bits per heavy atom. The van der Waals surface area contributed by atoms with Crippen LogP contribution in [0.1, 0.15) is 24.6 Å². The molecule has 3 heterocycles. The van der Waals surface area contributed by atoms with E-state index in [4.69, 9.17) is 0 Å². The third-order valence-electron chi connectivity index (χ3n) is 4.20. The summed E-state index contributed by atoms with van der Waals surface area (Å²) in [6, 6.07) is 6.34. The maximum Gasteiger partial charge on any atom is 0.236 e. The van der Waals surface area contributed by atoms with Gasteiger partial charge in [0.2, 0.25) is 5.91 Å². The van der Waals surface area contributed by atoms with Crippen LogP contribution in [0.3, 0.4) is 0 Å². The molecule has 0 saturated carbocycles. The van der Waals surface area contributed by atoms with Crippen molar-refractivity contribution in [1.29, 1.82) is 0 Å². The average molecular weight is 274 g/mol. The second kappa shape index (κ2) is 6.33. The molecule has 0 aromatic carbocycles. The van der Waals surface area contributed by atoms with E-state index in [1.165, 1.54) is 0 Å². The molecule has 2 saturated heterocycles. The summed E-state index contributed by atoms with van der Waals surface area (Å²) in [5.74, 6) is 0.259. The van der Waals surface area contributed by atoms with Gasteiger partial charge in [0.05, 0.1) is 18.3 Å². The first-order valence-corrected chi connectivity index (χ1v) is 7.48. The summed E-state index contributed by atoms with van der Waals surface area (Å²) in [6.45, 7) is 5.02. The minimum atomic E-state index is 0.259. The molecule has 1 aromatic heterocycles. The molecule has 1 atom stereocenters. The van der Waals surface area contributed by atoms with Crippen molar-refractivity contribution in [2.24, 2.45) is 0 Å². The molecule has 5 nitrogen and oxygen atoms in total. The number of pyridine rings is 1. The largest absolute Gasteiger partial charge is 0.339 e. The quantitative estimate of drug-likeness (QED) is 0.879. The van der Waals surface area contributed by atoms with Gasteiger partial charge in [0.15, 0.2) is 0 Å². The van der Waals surface area contributed by atoms with Crippen molar-refractivity contribution < 1.29 is 4.79 Å². The van der Waals surface area contributed by atoms with E-state index in [0.29, 0.717) is 12.6 Å². The fraction of sp³-hybridized carbons (Fsp3) is 0.600. The predicted octanol–water partition coefficient (Wildman–Crippen LogP) is 0.650. The molecule has 0 bridgehead atoms. The summed E-state index contributed by atoms with van der Waals surface area (Å²) in [5.41, 5.74) is 1.10. The molecule has 1 N–H and O–H groups in total. The summed E-state index contributed by atoms with van der Waals surface area (Å²) >= 11 is 0. The number of nitrogens with zero attached hydrogens (tertiary/aromatic N) is 3. The van der Waals surface area contributed by atoms with Crippen LogP contribution in [0.15, 0.2) is 24.4 Å². The van der Waals surface area contributed by atoms with Crippen molar-refractivity contribution in [3.63, 3.8) is 0 Å². The van der Waals surface area contributed by atoms with E-state index >= 15 is 0 Å². The maximum absolute atomic E-state index is 12.4. The lowest BCUT2D eigenvalue weighted by atomic mass is 10.1. The molecule has 0 spiro atoms. The third-order valence-corrected chi connectivity index (χ3v) is 4.20. The molecule has 0 radical (unpaired) electrons. The molecule has 20 heavy (non-hydrogen) atoms. The fourth-order valence-corrected chi connectivity index (χ4v) is 3.11. The van der Waals surface area contributed by atoms with Crippen molar-refractivity contribution in [2.75, 3.05) is 39.3 Å². The van der Waals surface area contributed by atoms with Gasteiger partial charge in [0.1, 0.15) is 0 Å². The lowest BCUT2D eigenvalue weighted by Gasteiger charge is -2.31. The molecular formula is C15H22N4O. The summed E-state index contributed by atoms with van der Waals surface area (Å²) in [4.78, 5) is 21.1. The SMILES string of the molecule is O=C(CN1CCCC1c1ccccn1)N1CCNCC1. The van der Waals surface area contributed by atoms with Gasteiger partial charge in [0, 0.05) is 32.4 Å². The Kier molecular flexibility index (Phi) is 4.28. The molecule has 3 rings (SSSR count). The highest BCUT2D eigenvalue weighted by Gasteiger charge is 2.29. The van der Waals surface area contributed by atoms with Crippen LogP contribution < -0.4 is 5.32 Å². The second-order valence-electron chi connectivity index (χ2n) is 5.51. The zero-order valence-electron chi connectivity index (χ0n) is 11.8. The lowest BCUT2D eigenvalue weighted by molar-refractivity contribution is -0.133. The number of hydrogen-bond acceptors (Lipinski definition) is 4. The van der Waals surface area contributed by atoms with E-state index in [2.05, 4.69) is 21.3 Å². The first kappa shape index (κ1) is 13.5. The van der Waals surface area contributed by atoms with Crippen LogP contribution in [0.5, 0.6) is 0 Å². The monoisotopic (exact) mass is 274 g/mol. The molecule has 0 aliphatic carbocycles. The third kappa shape index (κ3) is 2.99. The molecule has 2 aliphatic heterocycles. The van der Waals surface area contributed by atoms with E-state index in [0.717, 1.165) is 51.3 Å². The Balaban J connectivity index is 1.62. The van der Waals surface area contributed by atoms with Gasteiger partial charge >= 0.3 is 0 Å². The van der Waals surface area contributed by atoms with E-state index in [9.17, 15) is 4.79 Å². The van der Waals surface area contributed by atoms with E-state index < -0.39 is 0 Å². The number of likely N-dealkylation sites (tertiary alicyclic amines) is 1. The standard InChI is InChI=1S/C15H22N4O/c20-15(18-10-7-16-8-11-18)12-19-9-3-5-14(19)13-4-1-2-6-17-13/h1-2,4,6,14,16H,3,5,7-12H2. The number of carbonyl (C=O) groups is 1. The number of nitrogens with one attached hydrogen (secondary N) is 1. The summed E-state index contributed by atoms with van der Waals surface area (Å²) in [5, 5.41) is 3.28.